The number of aromatic nitrogens is 2. The summed E-state index contributed by atoms with van der Waals surface area (Å²) in [6.07, 6.45) is 3.43. The molecule has 1 unspecified atom stereocenters. The molecule has 5 nitrogen and oxygen atoms in total. The smallest absolute Gasteiger partial charge is 0.257 e. The van der Waals surface area contributed by atoms with Crippen LogP contribution in [0.15, 0.2) is 53.1 Å². The van der Waals surface area contributed by atoms with Crippen LogP contribution in [0.5, 0.6) is 0 Å². The number of rotatable bonds is 4. The molecule has 1 amide bonds. The number of hydrogen-bond acceptors (Lipinski definition) is 4. The van der Waals surface area contributed by atoms with Crippen LogP contribution in [0.3, 0.4) is 0 Å². The Morgan fingerprint density at radius 2 is 2.00 bits per heavy atom. The van der Waals surface area contributed by atoms with E-state index < -0.39 is 0 Å². The van der Waals surface area contributed by atoms with E-state index in [4.69, 9.17) is 4.52 Å². The summed E-state index contributed by atoms with van der Waals surface area (Å²) >= 11 is 0. The maximum absolute atomic E-state index is 12.5. The summed E-state index contributed by atoms with van der Waals surface area (Å²) in [5.74, 6) is 1.40. The van der Waals surface area contributed by atoms with Gasteiger partial charge in [-0.1, -0.05) is 29.4 Å². The lowest BCUT2D eigenvalue weighted by Crippen LogP contribution is -2.29. The van der Waals surface area contributed by atoms with Crippen molar-refractivity contribution in [1.29, 1.82) is 0 Å². The van der Waals surface area contributed by atoms with Crippen molar-refractivity contribution in [2.75, 3.05) is 6.54 Å². The highest BCUT2D eigenvalue weighted by molar-refractivity contribution is 5.94. The van der Waals surface area contributed by atoms with E-state index in [0.717, 1.165) is 18.4 Å². The first-order valence-corrected chi connectivity index (χ1v) is 8.97. The number of benzene rings is 2. The van der Waals surface area contributed by atoms with Gasteiger partial charge < -0.3 is 9.84 Å². The minimum absolute atomic E-state index is 0.0543. The fourth-order valence-corrected chi connectivity index (χ4v) is 3.56. The van der Waals surface area contributed by atoms with Gasteiger partial charge in [-0.3, -0.25) is 4.79 Å². The van der Waals surface area contributed by atoms with E-state index in [2.05, 4.69) is 39.7 Å². The SMILES string of the molecule is Cc1noc(-c2ccc(C(=O)NCC3CCCc4ccccc43)cc2)n1. The molecule has 1 atom stereocenters. The monoisotopic (exact) mass is 347 g/mol. The van der Waals surface area contributed by atoms with Gasteiger partial charge in [0.2, 0.25) is 0 Å². The van der Waals surface area contributed by atoms with Gasteiger partial charge in [-0.25, -0.2) is 0 Å². The number of nitrogens with zero attached hydrogens (tertiary/aromatic N) is 2. The largest absolute Gasteiger partial charge is 0.351 e. The summed E-state index contributed by atoms with van der Waals surface area (Å²) in [6, 6.07) is 15.8. The van der Waals surface area contributed by atoms with Crippen molar-refractivity contribution in [2.24, 2.45) is 0 Å². The lowest BCUT2D eigenvalue weighted by Gasteiger charge is -2.25. The second-order valence-corrected chi connectivity index (χ2v) is 6.72. The molecule has 0 saturated carbocycles. The molecular weight excluding hydrogens is 326 g/mol. The van der Waals surface area contributed by atoms with Crippen LogP contribution in [-0.2, 0) is 6.42 Å². The van der Waals surface area contributed by atoms with Crippen molar-refractivity contribution in [2.45, 2.75) is 32.1 Å². The summed E-state index contributed by atoms with van der Waals surface area (Å²) in [7, 11) is 0. The molecule has 132 valence electrons. The van der Waals surface area contributed by atoms with E-state index in [1.807, 2.05) is 12.1 Å². The van der Waals surface area contributed by atoms with E-state index >= 15 is 0 Å². The van der Waals surface area contributed by atoms with Crippen LogP contribution in [0.2, 0.25) is 0 Å². The standard InChI is InChI=1S/C21H21N3O2/c1-14-23-21(26-24-14)17-11-9-16(10-12-17)20(25)22-13-18-7-4-6-15-5-2-3-8-19(15)18/h2-3,5,8-12,18H,4,6-7,13H2,1H3,(H,22,25). The van der Waals surface area contributed by atoms with Crippen molar-refractivity contribution >= 4 is 5.91 Å². The van der Waals surface area contributed by atoms with Gasteiger partial charge in [0.15, 0.2) is 5.82 Å². The van der Waals surface area contributed by atoms with Crippen molar-refractivity contribution < 1.29 is 9.32 Å². The first-order valence-electron chi connectivity index (χ1n) is 8.97. The molecule has 0 aliphatic heterocycles. The second-order valence-electron chi connectivity index (χ2n) is 6.72. The van der Waals surface area contributed by atoms with Crippen LogP contribution < -0.4 is 5.32 Å². The van der Waals surface area contributed by atoms with E-state index in [1.165, 1.54) is 17.5 Å². The Morgan fingerprint density at radius 3 is 2.77 bits per heavy atom. The third-order valence-electron chi connectivity index (χ3n) is 4.92. The normalized spacial score (nSPS) is 16.1. The molecule has 5 heteroatoms. The van der Waals surface area contributed by atoms with E-state index in [1.54, 1.807) is 19.1 Å². The highest BCUT2D eigenvalue weighted by Crippen LogP contribution is 2.30. The predicted molar refractivity (Wildman–Crippen MR) is 98.9 cm³/mol. The minimum atomic E-state index is -0.0543. The molecule has 0 saturated heterocycles. The zero-order valence-electron chi connectivity index (χ0n) is 14.7. The molecule has 4 rings (SSSR count). The topological polar surface area (TPSA) is 68.0 Å². The summed E-state index contributed by atoms with van der Waals surface area (Å²) in [5.41, 5.74) is 4.23. The lowest BCUT2D eigenvalue weighted by atomic mass is 9.83. The Hall–Kier alpha value is -2.95. The predicted octanol–water partition coefficient (Wildman–Crippen LogP) is 3.89. The fraction of sp³-hybridized carbons (Fsp3) is 0.286. The number of aryl methyl sites for hydroxylation is 2. The summed E-state index contributed by atoms with van der Waals surface area (Å²) in [6.45, 7) is 2.44. The minimum Gasteiger partial charge on any atom is -0.351 e. The average molecular weight is 347 g/mol. The Kier molecular flexibility index (Phi) is 4.52. The number of amides is 1. The summed E-state index contributed by atoms with van der Waals surface area (Å²) in [5, 5.41) is 6.87. The summed E-state index contributed by atoms with van der Waals surface area (Å²) in [4.78, 5) is 16.7. The quantitative estimate of drug-likeness (QED) is 0.777. The van der Waals surface area contributed by atoms with Crippen LogP contribution in [0.1, 0.15) is 46.1 Å². The summed E-state index contributed by atoms with van der Waals surface area (Å²) < 4.78 is 5.15. The highest BCUT2D eigenvalue weighted by Gasteiger charge is 2.20. The number of fused-ring (bicyclic) bond motifs is 1. The zero-order valence-corrected chi connectivity index (χ0v) is 14.7. The molecule has 26 heavy (non-hydrogen) atoms. The molecule has 1 aliphatic rings. The maximum atomic E-state index is 12.5. The van der Waals surface area contributed by atoms with Crippen LogP contribution >= 0.6 is 0 Å². The molecule has 0 bridgehead atoms. The molecule has 1 N–H and O–H groups in total. The van der Waals surface area contributed by atoms with E-state index in [9.17, 15) is 4.79 Å². The van der Waals surface area contributed by atoms with E-state index in [-0.39, 0.29) is 5.91 Å². The molecule has 2 aromatic carbocycles. The third-order valence-corrected chi connectivity index (χ3v) is 4.92. The number of hydrogen-bond donors (Lipinski definition) is 1. The lowest BCUT2D eigenvalue weighted by molar-refractivity contribution is 0.0950. The average Bonchev–Trinajstić information content (AvgIpc) is 3.12. The van der Waals surface area contributed by atoms with Crippen molar-refractivity contribution in [1.82, 2.24) is 15.5 Å². The highest BCUT2D eigenvalue weighted by atomic mass is 16.5. The Labute approximate surface area is 152 Å². The van der Waals surface area contributed by atoms with Crippen molar-refractivity contribution in [3.05, 3.63) is 71.0 Å². The van der Waals surface area contributed by atoms with E-state index in [0.29, 0.717) is 29.7 Å². The molecule has 0 spiro atoms. The zero-order chi connectivity index (χ0) is 17.9. The molecule has 1 aliphatic carbocycles. The molecule has 1 aromatic heterocycles. The Bertz CT molecular complexity index is 915. The molecular formula is C21H21N3O2. The maximum Gasteiger partial charge on any atom is 0.257 e. The second kappa shape index (κ2) is 7.12. The van der Waals surface area contributed by atoms with Crippen molar-refractivity contribution in [3.8, 4) is 11.5 Å². The number of carbonyl (C=O) groups excluding carboxylic acids is 1. The van der Waals surface area contributed by atoms with Gasteiger partial charge in [-0.05, 0) is 61.6 Å². The molecule has 0 radical (unpaired) electrons. The van der Waals surface area contributed by atoms with Gasteiger partial charge >= 0.3 is 0 Å². The third kappa shape index (κ3) is 3.38. The Morgan fingerprint density at radius 1 is 1.19 bits per heavy atom. The number of nitrogens with one attached hydrogen (secondary N) is 1. The fourth-order valence-electron chi connectivity index (χ4n) is 3.56. The van der Waals surface area contributed by atoms with Crippen LogP contribution in [-0.4, -0.2) is 22.6 Å². The van der Waals surface area contributed by atoms with Crippen LogP contribution in [0.25, 0.3) is 11.5 Å². The van der Waals surface area contributed by atoms with Gasteiger partial charge in [0.25, 0.3) is 11.8 Å². The van der Waals surface area contributed by atoms with Gasteiger partial charge in [0.05, 0.1) is 0 Å². The van der Waals surface area contributed by atoms with Gasteiger partial charge in [-0.15, -0.1) is 0 Å². The van der Waals surface area contributed by atoms with Crippen LogP contribution in [0.4, 0.5) is 0 Å². The van der Waals surface area contributed by atoms with Gasteiger partial charge in [0.1, 0.15) is 0 Å². The molecule has 0 fully saturated rings. The van der Waals surface area contributed by atoms with Crippen LogP contribution in [0, 0.1) is 6.92 Å². The molecule has 3 aromatic rings. The van der Waals surface area contributed by atoms with Crippen molar-refractivity contribution in [3.63, 3.8) is 0 Å². The number of carbonyl (C=O) groups is 1. The first-order chi connectivity index (χ1) is 12.7. The first kappa shape index (κ1) is 16.5. The van der Waals surface area contributed by atoms with Gasteiger partial charge in [0, 0.05) is 23.6 Å². The molecule has 1 heterocycles. The van der Waals surface area contributed by atoms with Gasteiger partial charge in [-0.2, -0.15) is 4.98 Å². The Balaban J connectivity index is 1.41.